The summed E-state index contributed by atoms with van der Waals surface area (Å²) < 4.78 is 5.26. The summed E-state index contributed by atoms with van der Waals surface area (Å²) in [5.41, 5.74) is 1.41. The van der Waals surface area contributed by atoms with E-state index in [1.165, 1.54) is 0 Å². The van der Waals surface area contributed by atoms with Crippen LogP contribution in [-0.4, -0.2) is 48.4 Å². The van der Waals surface area contributed by atoms with Crippen LogP contribution in [0, 0.1) is 12.8 Å². The molecule has 0 radical (unpaired) electrons. The molecule has 8 heteroatoms. The Bertz CT molecular complexity index is 906. The van der Waals surface area contributed by atoms with Gasteiger partial charge in [0.05, 0.1) is 18.7 Å². The molecular formula is C22H27ClN4O3. The number of likely N-dealkylation sites (tertiary alicyclic amines) is 1. The highest BCUT2D eigenvalue weighted by Crippen LogP contribution is 2.27. The molecule has 2 heterocycles. The van der Waals surface area contributed by atoms with Crippen molar-refractivity contribution in [3.05, 3.63) is 47.1 Å². The van der Waals surface area contributed by atoms with Gasteiger partial charge in [-0.05, 0) is 56.6 Å². The molecule has 0 aliphatic carbocycles. The molecule has 2 aromatic rings. The molecule has 1 fully saturated rings. The number of carbonyl (C=O) groups excluding carboxylic acids is 2. The van der Waals surface area contributed by atoms with E-state index in [1.54, 1.807) is 31.4 Å². The van der Waals surface area contributed by atoms with Crippen LogP contribution >= 0.6 is 11.6 Å². The zero-order valence-corrected chi connectivity index (χ0v) is 18.0. The molecule has 1 atom stereocenters. The number of aromatic nitrogens is 1. The van der Waals surface area contributed by atoms with Crippen LogP contribution in [0.15, 0.2) is 36.4 Å². The monoisotopic (exact) mass is 430 g/mol. The molecule has 1 unspecified atom stereocenters. The second-order valence-corrected chi connectivity index (χ2v) is 7.87. The lowest BCUT2D eigenvalue weighted by Crippen LogP contribution is -2.41. The summed E-state index contributed by atoms with van der Waals surface area (Å²) in [6.07, 6.45) is 2.08. The first kappa shape index (κ1) is 22.1. The van der Waals surface area contributed by atoms with Crippen molar-refractivity contribution in [1.29, 1.82) is 0 Å². The molecule has 0 spiro atoms. The molecule has 1 aliphatic rings. The number of halogens is 1. The van der Waals surface area contributed by atoms with Crippen LogP contribution in [0.25, 0.3) is 0 Å². The summed E-state index contributed by atoms with van der Waals surface area (Å²) in [7, 11) is 1.55. The minimum absolute atomic E-state index is 0.0223. The average Bonchev–Trinajstić information content (AvgIpc) is 2.73. The number of pyridine rings is 1. The highest BCUT2D eigenvalue weighted by Gasteiger charge is 2.26. The molecule has 0 bridgehead atoms. The number of amides is 2. The van der Waals surface area contributed by atoms with Gasteiger partial charge in [0.2, 0.25) is 11.8 Å². The standard InChI is InChI=1S/C22H27ClN4O3/c1-15-5-3-7-20(24-15)26-22(29)16-6-4-11-27(14-16)12-10-21(28)25-18-13-17(23)8-9-19(18)30-2/h3,5,7-9,13,16H,4,6,10-12,14H2,1-2H3,(H,25,28)(H,24,26,29). The molecule has 30 heavy (non-hydrogen) atoms. The lowest BCUT2D eigenvalue weighted by Gasteiger charge is -2.31. The Morgan fingerprint density at radius 3 is 2.87 bits per heavy atom. The number of nitrogens with one attached hydrogen (secondary N) is 2. The Labute approximate surface area is 181 Å². The second-order valence-electron chi connectivity index (χ2n) is 7.44. The third kappa shape index (κ3) is 6.18. The van der Waals surface area contributed by atoms with E-state index in [2.05, 4.69) is 20.5 Å². The van der Waals surface area contributed by atoms with Crippen molar-refractivity contribution < 1.29 is 14.3 Å². The summed E-state index contributed by atoms with van der Waals surface area (Å²) in [6, 6.07) is 10.6. The van der Waals surface area contributed by atoms with E-state index in [0.717, 1.165) is 25.1 Å². The molecule has 1 saturated heterocycles. The van der Waals surface area contributed by atoms with Gasteiger partial charge in [0, 0.05) is 30.2 Å². The van der Waals surface area contributed by atoms with Crippen molar-refractivity contribution in [3.8, 4) is 5.75 Å². The summed E-state index contributed by atoms with van der Waals surface area (Å²) in [5.74, 6) is 0.883. The number of methoxy groups -OCH3 is 1. The van der Waals surface area contributed by atoms with Crippen molar-refractivity contribution in [1.82, 2.24) is 9.88 Å². The van der Waals surface area contributed by atoms with Crippen LogP contribution in [0.1, 0.15) is 25.0 Å². The van der Waals surface area contributed by atoms with E-state index < -0.39 is 0 Å². The lowest BCUT2D eigenvalue weighted by atomic mass is 9.97. The highest BCUT2D eigenvalue weighted by molar-refractivity contribution is 6.31. The van der Waals surface area contributed by atoms with E-state index in [-0.39, 0.29) is 17.7 Å². The van der Waals surface area contributed by atoms with Gasteiger partial charge in [-0.25, -0.2) is 4.98 Å². The minimum Gasteiger partial charge on any atom is -0.495 e. The van der Waals surface area contributed by atoms with Crippen molar-refractivity contribution in [3.63, 3.8) is 0 Å². The maximum Gasteiger partial charge on any atom is 0.229 e. The normalized spacial score (nSPS) is 16.7. The Morgan fingerprint density at radius 1 is 1.27 bits per heavy atom. The number of hydrogen-bond acceptors (Lipinski definition) is 5. The lowest BCUT2D eigenvalue weighted by molar-refractivity contribution is -0.121. The molecule has 1 aliphatic heterocycles. The molecule has 1 aromatic carbocycles. The molecule has 7 nitrogen and oxygen atoms in total. The predicted molar refractivity (Wildman–Crippen MR) is 118 cm³/mol. The smallest absolute Gasteiger partial charge is 0.229 e. The van der Waals surface area contributed by atoms with Gasteiger partial charge in [0.15, 0.2) is 0 Å². The summed E-state index contributed by atoms with van der Waals surface area (Å²) >= 11 is 6.01. The van der Waals surface area contributed by atoms with Crippen molar-refractivity contribution in [2.75, 3.05) is 37.4 Å². The SMILES string of the molecule is COc1ccc(Cl)cc1NC(=O)CCN1CCCC(C(=O)Nc2cccc(C)n2)C1. The van der Waals surface area contributed by atoms with Crippen molar-refractivity contribution in [2.45, 2.75) is 26.2 Å². The molecular weight excluding hydrogens is 404 g/mol. The van der Waals surface area contributed by atoms with Crippen LogP contribution in [0.4, 0.5) is 11.5 Å². The number of piperidine rings is 1. The van der Waals surface area contributed by atoms with E-state index >= 15 is 0 Å². The van der Waals surface area contributed by atoms with Gasteiger partial charge in [0.1, 0.15) is 11.6 Å². The molecule has 3 rings (SSSR count). The minimum atomic E-state index is -0.119. The third-order valence-electron chi connectivity index (χ3n) is 5.11. The quantitative estimate of drug-likeness (QED) is 0.699. The fourth-order valence-corrected chi connectivity index (χ4v) is 3.74. The van der Waals surface area contributed by atoms with Gasteiger partial charge in [0.25, 0.3) is 0 Å². The number of nitrogens with zero attached hydrogens (tertiary/aromatic N) is 2. The first-order valence-corrected chi connectivity index (χ1v) is 10.4. The fraction of sp³-hybridized carbons (Fsp3) is 0.409. The molecule has 2 amide bonds. The fourth-order valence-electron chi connectivity index (χ4n) is 3.56. The van der Waals surface area contributed by atoms with Crippen LogP contribution in [0.5, 0.6) is 5.75 Å². The Kier molecular flexibility index (Phi) is 7.65. The maximum atomic E-state index is 12.6. The van der Waals surface area contributed by atoms with Gasteiger partial charge in [-0.3, -0.25) is 9.59 Å². The largest absolute Gasteiger partial charge is 0.495 e. The van der Waals surface area contributed by atoms with Crippen LogP contribution < -0.4 is 15.4 Å². The summed E-state index contributed by atoms with van der Waals surface area (Å²) in [4.78, 5) is 31.5. The van der Waals surface area contributed by atoms with E-state index in [1.807, 2.05) is 19.1 Å². The number of rotatable bonds is 7. The van der Waals surface area contributed by atoms with Crippen molar-refractivity contribution >= 4 is 34.9 Å². The van der Waals surface area contributed by atoms with Gasteiger partial charge in [-0.15, -0.1) is 0 Å². The molecule has 1 aromatic heterocycles. The van der Waals surface area contributed by atoms with Crippen molar-refractivity contribution in [2.24, 2.45) is 5.92 Å². The topological polar surface area (TPSA) is 83.6 Å². The average molecular weight is 431 g/mol. The summed E-state index contributed by atoms with van der Waals surface area (Å²) in [6.45, 7) is 3.98. The van der Waals surface area contributed by atoms with Gasteiger partial charge >= 0.3 is 0 Å². The number of carbonyl (C=O) groups is 2. The Balaban J connectivity index is 1.49. The van der Waals surface area contributed by atoms with Gasteiger partial charge in [-0.1, -0.05) is 17.7 Å². The van der Waals surface area contributed by atoms with Crippen LogP contribution in [0.3, 0.4) is 0 Å². The van der Waals surface area contributed by atoms with E-state index in [0.29, 0.717) is 41.8 Å². The van der Waals surface area contributed by atoms with E-state index in [9.17, 15) is 9.59 Å². The summed E-state index contributed by atoms with van der Waals surface area (Å²) in [5, 5.41) is 6.28. The second kappa shape index (κ2) is 10.4. The van der Waals surface area contributed by atoms with E-state index in [4.69, 9.17) is 16.3 Å². The number of ether oxygens (including phenoxy) is 1. The van der Waals surface area contributed by atoms with Gasteiger partial charge < -0.3 is 20.3 Å². The molecule has 0 saturated carbocycles. The van der Waals surface area contributed by atoms with Crippen LogP contribution in [0.2, 0.25) is 5.02 Å². The zero-order valence-electron chi connectivity index (χ0n) is 17.3. The molecule has 160 valence electrons. The maximum absolute atomic E-state index is 12.6. The first-order chi connectivity index (χ1) is 14.4. The Morgan fingerprint density at radius 2 is 2.10 bits per heavy atom. The number of benzene rings is 1. The number of aryl methyl sites for hydroxylation is 1. The Hall–Kier alpha value is -2.64. The third-order valence-corrected chi connectivity index (χ3v) is 5.34. The molecule has 2 N–H and O–H groups in total. The van der Waals surface area contributed by atoms with Crippen LogP contribution in [-0.2, 0) is 9.59 Å². The first-order valence-electron chi connectivity index (χ1n) is 10.0. The van der Waals surface area contributed by atoms with Gasteiger partial charge in [-0.2, -0.15) is 0 Å². The zero-order chi connectivity index (χ0) is 21.5. The number of hydrogen-bond donors (Lipinski definition) is 2. The highest BCUT2D eigenvalue weighted by atomic mass is 35.5. The number of anilines is 2. The predicted octanol–water partition coefficient (Wildman–Crippen LogP) is 3.73.